The number of ether oxygens (including phenoxy) is 1. The van der Waals surface area contributed by atoms with Crippen LogP contribution in [0.3, 0.4) is 0 Å². The van der Waals surface area contributed by atoms with E-state index < -0.39 is 17.7 Å². The van der Waals surface area contributed by atoms with Crippen molar-refractivity contribution in [2.45, 2.75) is 6.42 Å². The minimum absolute atomic E-state index is 0.0417. The number of hydrogen-bond donors (Lipinski definition) is 1. The fourth-order valence-corrected chi connectivity index (χ4v) is 1.35. The first kappa shape index (κ1) is 14.4. The molecule has 0 unspecified atom stereocenters. The Morgan fingerprint density at radius 3 is 2.78 bits per heavy atom. The number of rotatable bonds is 5. The summed E-state index contributed by atoms with van der Waals surface area (Å²) in [5.41, 5.74) is -0.0417. The predicted molar refractivity (Wildman–Crippen MR) is 64.5 cm³/mol. The molecule has 0 spiro atoms. The number of urea groups is 1. The number of nitrogens with zero attached hydrogens (tertiary/aromatic N) is 1. The summed E-state index contributed by atoms with van der Waals surface area (Å²) >= 11 is 0. The maximum atomic E-state index is 13.3. The van der Waals surface area contributed by atoms with Crippen molar-refractivity contribution >= 4 is 11.7 Å². The number of hydrogen-bond acceptors (Lipinski definition) is 2. The van der Waals surface area contributed by atoms with Gasteiger partial charge in [-0.2, -0.15) is 0 Å². The normalized spacial score (nSPS) is 10.2. The van der Waals surface area contributed by atoms with E-state index in [1.54, 1.807) is 14.2 Å². The lowest BCUT2D eigenvalue weighted by atomic mass is 10.3. The van der Waals surface area contributed by atoms with Gasteiger partial charge in [-0.1, -0.05) is 0 Å². The van der Waals surface area contributed by atoms with Crippen molar-refractivity contribution in [3.8, 4) is 0 Å². The maximum Gasteiger partial charge on any atom is 0.321 e. The van der Waals surface area contributed by atoms with Crippen LogP contribution in [0.15, 0.2) is 18.2 Å². The molecule has 0 aromatic heterocycles. The molecule has 0 bridgehead atoms. The second-order valence-corrected chi connectivity index (χ2v) is 3.82. The third kappa shape index (κ3) is 4.29. The molecular weight excluding hydrogens is 242 g/mol. The van der Waals surface area contributed by atoms with Crippen LogP contribution in [0.25, 0.3) is 0 Å². The molecule has 0 heterocycles. The van der Waals surface area contributed by atoms with Gasteiger partial charge in [-0.3, -0.25) is 0 Å². The first-order valence-corrected chi connectivity index (χ1v) is 5.50. The molecule has 0 fully saturated rings. The number of halogens is 2. The summed E-state index contributed by atoms with van der Waals surface area (Å²) in [6.07, 6.45) is 0.687. The summed E-state index contributed by atoms with van der Waals surface area (Å²) in [6.45, 7) is 1.03. The number of nitrogens with one attached hydrogen (secondary N) is 1. The van der Waals surface area contributed by atoms with Crippen LogP contribution in [0.2, 0.25) is 0 Å². The van der Waals surface area contributed by atoms with Gasteiger partial charge in [0.1, 0.15) is 11.6 Å². The summed E-state index contributed by atoms with van der Waals surface area (Å²) < 4.78 is 30.8. The molecule has 0 aliphatic carbocycles. The van der Waals surface area contributed by atoms with Gasteiger partial charge in [0, 0.05) is 33.4 Å². The lowest BCUT2D eigenvalue weighted by Crippen LogP contribution is -2.32. The van der Waals surface area contributed by atoms with E-state index in [0.717, 1.165) is 12.1 Å². The second kappa shape index (κ2) is 6.90. The zero-order chi connectivity index (χ0) is 13.5. The highest BCUT2D eigenvalue weighted by Crippen LogP contribution is 2.15. The average molecular weight is 258 g/mol. The number of methoxy groups -OCH3 is 1. The fraction of sp³-hybridized carbons (Fsp3) is 0.417. The van der Waals surface area contributed by atoms with Gasteiger partial charge in [-0.05, 0) is 18.6 Å². The highest BCUT2D eigenvalue weighted by atomic mass is 19.1. The van der Waals surface area contributed by atoms with Crippen LogP contribution in [0.1, 0.15) is 6.42 Å². The monoisotopic (exact) mass is 258 g/mol. The summed E-state index contributed by atoms with van der Waals surface area (Å²) in [5, 5.41) is 2.37. The molecule has 6 heteroatoms. The van der Waals surface area contributed by atoms with E-state index in [0.29, 0.717) is 19.6 Å². The van der Waals surface area contributed by atoms with Crippen LogP contribution < -0.4 is 5.32 Å². The van der Waals surface area contributed by atoms with E-state index in [9.17, 15) is 13.6 Å². The highest BCUT2D eigenvalue weighted by molar-refractivity contribution is 5.89. The molecule has 4 nitrogen and oxygen atoms in total. The van der Waals surface area contributed by atoms with Crippen molar-refractivity contribution in [3.63, 3.8) is 0 Å². The molecule has 2 amide bonds. The summed E-state index contributed by atoms with van der Waals surface area (Å²) in [4.78, 5) is 13.1. The van der Waals surface area contributed by atoms with Crippen molar-refractivity contribution in [1.82, 2.24) is 4.90 Å². The highest BCUT2D eigenvalue weighted by Gasteiger charge is 2.11. The standard InChI is InChI=1S/C12H16F2N2O2/c1-16(6-3-7-18-2)12(17)15-11-5-4-9(13)8-10(11)14/h4-5,8H,3,6-7H2,1-2H3,(H,15,17). The van der Waals surface area contributed by atoms with Gasteiger partial charge >= 0.3 is 6.03 Å². The zero-order valence-electron chi connectivity index (χ0n) is 10.4. The lowest BCUT2D eigenvalue weighted by molar-refractivity contribution is 0.179. The molecule has 0 radical (unpaired) electrons. The number of carbonyl (C=O) groups is 1. The third-order valence-electron chi connectivity index (χ3n) is 2.36. The molecule has 18 heavy (non-hydrogen) atoms. The smallest absolute Gasteiger partial charge is 0.321 e. The van der Waals surface area contributed by atoms with Gasteiger partial charge in [0.15, 0.2) is 0 Å². The first-order chi connectivity index (χ1) is 8.54. The van der Waals surface area contributed by atoms with E-state index in [2.05, 4.69) is 5.32 Å². The predicted octanol–water partition coefficient (Wildman–Crippen LogP) is 2.47. The molecule has 1 N–H and O–H groups in total. The first-order valence-electron chi connectivity index (χ1n) is 5.50. The summed E-state index contributed by atoms with van der Waals surface area (Å²) in [7, 11) is 3.17. The molecule has 100 valence electrons. The average Bonchev–Trinajstić information content (AvgIpc) is 2.32. The Morgan fingerprint density at radius 1 is 1.44 bits per heavy atom. The van der Waals surface area contributed by atoms with E-state index in [4.69, 9.17) is 4.74 Å². The molecule has 0 atom stereocenters. The molecule has 1 aromatic carbocycles. The van der Waals surface area contributed by atoms with Gasteiger partial charge in [0.2, 0.25) is 0 Å². The van der Waals surface area contributed by atoms with Crippen LogP contribution in [0.4, 0.5) is 19.3 Å². The largest absolute Gasteiger partial charge is 0.385 e. The molecular formula is C12H16F2N2O2. The number of amides is 2. The minimum Gasteiger partial charge on any atom is -0.385 e. The summed E-state index contributed by atoms with van der Waals surface area (Å²) in [6, 6.07) is 2.55. The van der Waals surface area contributed by atoms with Crippen LogP contribution in [-0.2, 0) is 4.74 Å². The Balaban J connectivity index is 2.53. The maximum absolute atomic E-state index is 13.3. The molecule has 0 saturated carbocycles. The minimum atomic E-state index is -0.798. The van der Waals surface area contributed by atoms with Gasteiger partial charge in [-0.25, -0.2) is 13.6 Å². The molecule has 1 aromatic rings. The van der Waals surface area contributed by atoms with E-state index >= 15 is 0 Å². The second-order valence-electron chi connectivity index (χ2n) is 3.82. The molecule has 0 saturated heterocycles. The number of anilines is 1. The van der Waals surface area contributed by atoms with E-state index in [-0.39, 0.29) is 5.69 Å². The van der Waals surface area contributed by atoms with Crippen molar-refractivity contribution in [2.75, 3.05) is 32.6 Å². The van der Waals surface area contributed by atoms with E-state index in [1.807, 2.05) is 0 Å². The molecule has 1 rings (SSSR count). The fourth-order valence-electron chi connectivity index (χ4n) is 1.35. The topological polar surface area (TPSA) is 41.6 Å². The Kier molecular flexibility index (Phi) is 5.51. The number of benzene rings is 1. The van der Waals surface area contributed by atoms with Crippen molar-refractivity contribution in [2.24, 2.45) is 0 Å². The van der Waals surface area contributed by atoms with Crippen LogP contribution >= 0.6 is 0 Å². The Bertz CT molecular complexity index is 413. The lowest BCUT2D eigenvalue weighted by Gasteiger charge is -2.17. The van der Waals surface area contributed by atoms with Crippen molar-refractivity contribution in [1.29, 1.82) is 0 Å². The van der Waals surface area contributed by atoms with Crippen molar-refractivity contribution in [3.05, 3.63) is 29.8 Å². The quantitative estimate of drug-likeness (QED) is 0.824. The van der Waals surface area contributed by atoms with E-state index in [1.165, 1.54) is 11.0 Å². The number of carbonyl (C=O) groups excluding carboxylic acids is 1. The third-order valence-corrected chi connectivity index (χ3v) is 2.36. The summed E-state index contributed by atoms with van der Waals surface area (Å²) in [5.74, 6) is -1.48. The van der Waals surface area contributed by atoms with Gasteiger partial charge in [0.25, 0.3) is 0 Å². The Labute approximate surface area is 105 Å². The van der Waals surface area contributed by atoms with Gasteiger partial charge in [-0.15, -0.1) is 0 Å². The van der Waals surface area contributed by atoms with Crippen LogP contribution in [-0.4, -0.2) is 38.2 Å². The molecule has 0 aliphatic rings. The molecule has 0 aliphatic heterocycles. The van der Waals surface area contributed by atoms with Gasteiger partial charge in [0.05, 0.1) is 5.69 Å². The van der Waals surface area contributed by atoms with Crippen molar-refractivity contribution < 1.29 is 18.3 Å². The zero-order valence-corrected chi connectivity index (χ0v) is 10.4. The Morgan fingerprint density at radius 2 is 2.17 bits per heavy atom. The van der Waals surface area contributed by atoms with Crippen LogP contribution in [0.5, 0.6) is 0 Å². The Hall–Kier alpha value is -1.69. The SMILES string of the molecule is COCCCN(C)C(=O)Nc1ccc(F)cc1F. The van der Waals surface area contributed by atoms with Crippen LogP contribution in [0, 0.1) is 11.6 Å². The van der Waals surface area contributed by atoms with Gasteiger partial charge < -0.3 is 15.0 Å².